The van der Waals surface area contributed by atoms with Crippen molar-refractivity contribution in [3.8, 4) is 22.8 Å². The Bertz CT molecular complexity index is 757. The summed E-state index contributed by atoms with van der Waals surface area (Å²) in [6.45, 7) is 1.89. The van der Waals surface area contributed by atoms with Crippen molar-refractivity contribution in [2.45, 2.75) is 6.92 Å². The molecule has 3 nitrogen and oxygen atoms in total. The van der Waals surface area contributed by atoms with Gasteiger partial charge in [-0.1, -0.05) is 0 Å². The van der Waals surface area contributed by atoms with Gasteiger partial charge in [-0.2, -0.15) is 0 Å². The zero-order valence-electron chi connectivity index (χ0n) is 10.1. The first-order valence-electron chi connectivity index (χ1n) is 5.77. The van der Waals surface area contributed by atoms with E-state index in [-0.39, 0.29) is 11.5 Å². The summed E-state index contributed by atoms with van der Waals surface area (Å²) in [5.41, 5.74) is 2.48. The number of phenols is 2. The van der Waals surface area contributed by atoms with Gasteiger partial charge >= 0.3 is 0 Å². The fourth-order valence-corrected chi connectivity index (χ4v) is 2.73. The topological polar surface area (TPSA) is 53.6 Å². The third kappa shape index (κ3) is 1.98. The van der Waals surface area contributed by atoms with E-state index >= 15 is 0 Å². The van der Waals surface area contributed by atoms with Crippen LogP contribution in [0.3, 0.4) is 0 Å². The van der Waals surface area contributed by atoms with Crippen LogP contribution in [0.5, 0.6) is 11.5 Å². The zero-order valence-corrected chi connectivity index (χ0v) is 11.7. The SMILES string of the molecule is Cc1cc(O)cc2c(Br)c(-c3ccc(O)cc3)oc12. The molecule has 19 heavy (non-hydrogen) atoms. The monoisotopic (exact) mass is 318 g/mol. The van der Waals surface area contributed by atoms with Crippen LogP contribution in [0.1, 0.15) is 5.56 Å². The number of rotatable bonds is 1. The molecule has 2 N–H and O–H groups in total. The van der Waals surface area contributed by atoms with Crippen LogP contribution in [-0.4, -0.2) is 10.2 Å². The molecule has 4 heteroatoms. The van der Waals surface area contributed by atoms with Crippen molar-refractivity contribution in [1.29, 1.82) is 0 Å². The van der Waals surface area contributed by atoms with Gasteiger partial charge in [-0.3, -0.25) is 0 Å². The second kappa shape index (κ2) is 4.31. The number of phenolic OH excluding ortho intramolecular Hbond substituents is 2. The minimum Gasteiger partial charge on any atom is -0.508 e. The lowest BCUT2D eigenvalue weighted by Crippen LogP contribution is -1.74. The summed E-state index contributed by atoms with van der Waals surface area (Å²) in [4.78, 5) is 0. The first kappa shape index (κ1) is 12.1. The van der Waals surface area contributed by atoms with Crippen molar-refractivity contribution in [3.63, 3.8) is 0 Å². The van der Waals surface area contributed by atoms with Gasteiger partial charge in [0, 0.05) is 10.9 Å². The average Bonchev–Trinajstić information content (AvgIpc) is 2.69. The van der Waals surface area contributed by atoms with Crippen LogP contribution >= 0.6 is 15.9 Å². The van der Waals surface area contributed by atoms with E-state index in [2.05, 4.69) is 15.9 Å². The van der Waals surface area contributed by atoms with E-state index in [1.165, 1.54) is 0 Å². The van der Waals surface area contributed by atoms with Crippen molar-refractivity contribution < 1.29 is 14.6 Å². The lowest BCUT2D eigenvalue weighted by Gasteiger charge is -1.98. The Morgan fingerprint density at radius 1 is 1.00 bits per heavy atom. The molecule has 0 aliphatic heterocycles. The fraction of sp³-hybridized carbons (Fsp3) is 0.0667. The van der Waals surface area contributed by atoms with Gasteiger partial charge in [-0.15, -0.1) is 0 Å². The molecule has 0 fully saturated rings. The maximum Gasteiger partial charge on any atom is 0.149 e. The number of aryl methyl sites for hydroxylation is 1. The van der Waals surface area contributed by atoms with Crippen LogP contribution < -0.4 is 0 Å². The predicted molar refractivity (Wildman–Crippen MR) is 77.4 cm³/mol. The first-order chi connectivity index (χ1) is 9.06. The second-order valence-corrected chi connectivity index (χ2v) is 5.22. The maximum absolute atomic E-state index is 9.66. The molecule has 0 amide bonds. The van der Waals surface area contributed by atoms with E-state index in [1.807, 2.05) is 6.92 Å². The van der Waals surface area contributed by atoms with Gasteiger partial charge in [-0.05, 0) is 64.8 Å². The predicted octanol–water partition coefficient (Wildman–Crippen LogP) is 4.58. The highest BCUT2D eigenvalue weighted by Gasteiger charge is 2.16. The Morgan fingerprint density at radius 3 is 2.37 bits per heavy atom. The summed E-state index contributed by atoms with van der Waals surface area (Å²) in [6.07, 6.45) is 0. The van der Waals surface area contributed by atoms with Crippen molar-refractivity contribution in [3.05, 3.63) is 46.4 Å². The summed E-state index contributed by atoms with van der Waals surface area (Å²) < 4.78 is 6.67. The van der Waals surface area contributed by atoms with Gasteiger partial charge in [0.2, 0.25) is 0 Å². The van der Waals surface area contributed by atoms with E-state index in [9.17, 15) is 10.2 Å². The number of fused-ring (bicyclic) bond motifs is 1. The van der Waals surface area contributed by atoms with Crippen LogP contribution in [0, 0.1) is 6.92 Å². The normalized spacial score (nSPS) is 11.1. The molecule has 96 valence electrons. The Hall–Kier alpha value is -1.94. The van der Waals surface area contributed by atoms with Gasteiger partial charge in [0.25, 0.3) is 0 Å². The molecule has 0 atom stereocenters. The quantitative estimate of drug-likeness (QED) is 0.690. The van der Waals surface area contributed by atoms with Crippen molar-refractivity contribution in [2.75, 3.05) is 0 Å². The summed E-state index contributed by atoms with van der Waals surface area (Å²) in [7, 11) is 0. The molecular weight excluding hydrogens is 308 g/mol. The molecule has 0 aliphatic rings. The molecule has 0 spiro atoms. The van der Waals surface area contributed by atoms with Crippen LogP contribution in [0.2, 0.25) is 0 Å². The summed E-state index contributed by atoms with van der Waals surface area (Å²) in [5, 5.41) is 19.8. The number of furan rings is 1. The molecule has 3 rings (SSSR count). The van der Waals surface area contributed by atoms with Gasteiger partial charge in [0.15, 0.2) is 0 Å². The molecule has 0 bridgehead atoms. The van der Waals surface area contributed by atoms with Crippen LogP contribution in [0.25, 0.3) is 22.3 Å². The highest BCUT2D eigenvalue weighted by molar-refractivity contribution is 9.10. The molecule has 3 aromatic rings. The standard InChI is InChI=1S/C15H11BrO3/c1-8-6-11(18)7-12-13(16)15(19-14(8)12)9-2-4-10(17)5-3-9/h2-7,17-18H,1H3. The lowest BCUT2D eigenvalue weighted by molar-refractivity contribution is 0.474. The maximum atomic E-state index is 9.66. The summed E-state index contributed by atoms with van der Waals surface area (Å²) in [5.74, 6) is 1.11. The molecule has 0 saturated heterocycles. The molecule has 0 unspecified atom stereocenters. The van der Waals surface area contributed by atoms with Crippen molar-refractivity contribution >= 4 is 26.9 Å². The van der Waals surface area contributed by atoms with E-state index in [4.69, 9.17) is 4.42 Å². The first-order valence-corrected chi connectivity index (χ1v) is 6.56. The Morgan fingerprint density at radius 2 is 1.68 bits per heavy atom. The average molecular weight is 319 g/mol. The summed E-state index contributed by atoms with van der Waals surface area (Å²) in [6, 6.07) is 10.1. The minimum absolute atomic E-state index is 0.212. The number of hydrogen-bond donors (Lipinski definition) is 2. The number of aromatic hydroxyl groups is 2. The fourth-order valence-electron chi connectivity index (χ4n) is 2.12. The van der Waals surface area contributed by atoms with E-state index in [0.717, 1.165) is 26.6 Å². The van der Waals surface area contributed by atoms with Crippen molar-refractivity contribution in [2.24, 2.45) is 0 Å². The molecule has 1 aromatic heterocycles. The number of hydrogen-bond acceptors (Lipinski definition) is 3. The van der Waals surface area contributed by atoms with Crippen molar-refractivity contribution in [1.82, 2.24) is 0 Å². The third-order valence-corrected chi connectivity index (χ3v) is 3.82. The highest BCUT2D eigenvalue weighted by atomic mass is 79.9. The van der Waals surface area contributed by atoms with E-state index in [1.54, 1.807) is 36.4 Å². The molecule has 2 aromatic carbocycles. The molecule has 0 aliphatic carbocycles. The molecular formula is C15H11BrO3. The lowest BCUT2D eigenvalue weighted by atomic mass is 10.1. The Kier molecular flexibility index (Phi) is 2.75. The molecule has 1 heterocycles. The van der Waals surface area contributed by atoms with E-state index in [0.29, 0.717) is 5.76 Å². The zero-order chi connectivity index (χ0) is 13.6. The van der Waals surface area contributed by atoms with Gasteiger partial charge in [0.05, 0.1) is 4.47 Å². The van der Waals surface area contributed by atoms with Gasteiger partial charge in [0.1, 0.15) is 22.8 Å². The third-order valence-electron chi connectivity index (χ3n) is 3.03. The Balaban J connectivity index is 2.28. The van der Waals surface area contributed by atoms with Crippen LogP contribution in [0.4, 0.5) is 0 Å². The van der Waals surface area contributed by atoms with E-state index < -0.39 is 0 Å². The van der Waals surface area contributed by atoms with Crippen LogP contribution in [-0.2, 0) is 0 Å². The van der Waals surface area contributed by atoms with Crippen LogP contribution in [0.15, 0.2) is 45.3 Å². The number of halogens is 1. The largest absolute Gasteiger partial charge is 0.508 e. The van der Waals surface area contributed by atoms with Gasteiger partial charge in [-0.25, -0.2) is 0 Å². The smallest absolute Gasteiger partial charge is 0.149 e. The highest BCUT2D eigenvalue weighted by Crippen LogP contribution is 2.40. The van der Waals surface area contributed by atoms with Gasteiger partial charge < -0.3 is 14.6 Å². The molecule has 0 saturated carbocycles. The second-order valence-electron chi connectivity index (χ2n) is 4.43. The Labute approximate surface area is 118 Å². The molecule has 0 radical (unpaired) electrons. The number of benzene rings is 2. The minimum atomic E-state index is 0.212. The summed E-state index contributed by atoms with van der Waals surface area (Å²) >= 11 is 3.51.